The van der Waals surface area contributed by atoms with Gasteiger partial charge in [-0.15, -0.1) is 0 Å². The number of rotatable bonds is 11. The number of benzene rings is 2. The summed E-state index contributed by atoms with van der Waals surface area (Å²) >= 11 is 0. The highest BCUT2D eigenvalue weighted by atomic mass is 19.1. The van der Waals surface area contributed by atoms with Gasteiger partial charge in [-0.2, -0.15) is 0 Å². The van der Waals surface area contributed by atoms with Gasteiger partial charge in [0.2, 0.25) is 0 Å². The number of alkyl halides is 1. The molecule has 2 N–H and O–H groups in total. The van der Waals surface area contributed by atoms with Gasteiger partial charge in [-0.3, -0.25) is 9.78 Å². The van der Waals surface area contributed by atoms with Crippen LogP contribution in [0, 0.1) is 17.0 Å². The molecule has 1 atom stereocenters. The number of hydrogen-bond donors (Lipinski definition) is 2. The fraction of sp³-hybridized carbons (Fsp3) is 0.448. The van der Waals surface area contributed by atoms with Gasteiger partial charge in [-0.05, 0) is 69.1 Å². The first-order valence-electron chi connectivity index (χ1n) is 13.1. The lowest BCUT2D eigenvalue weighted by molar-refractivity contribution is -0.153. The van der Waals surface area contributed by atoms with E-state index in [1.165, 1.54) is 12.1 Å². The summed E-state index contributed by atoms with van der Waals surface area (Å²) in [6.45, 7) is 2.14. The summed E-state index contributed by atoms with van der Waals surface area (Å²) in [5, 5.41) is 13.8. The third kappa shape index (κ3) is 6.55. The highest BCUT2D eigenvalue weighted by Gasteiger charge is 2.41. The predicted molar refractivity (Wildman–Crippen MR) is 146 cm³/mol. The molecule has 2 aromatic carbocycles. The Labute approximate surface area is 226 Å². The third-order valence-electron chi connectivity index (χ3n) is 7.65. The van der Waals surface area contributed by atoms with Crippen molar-refractivity contribution < 1.29 is 27.8 Å². The number of pyridine rings is 1. The molecule has 0 amide bonds. The van der Waals surface area contributed by atoms with E-state index in [9.17, 15) is 18.7 Å². The lowest BCUT2D eigenvalue weighted by Crippen LogP contribution is -2.45. The molecule has 39 heavy (non-hydrogen) atoms. The molecule has 0 spiro atoms. The average molecular weight is 545 g/mol. The molecule has 0 unspecified atom stereocenters. The van der Waals surface area contributed by atoms with Crippen molar-refractivity contribution in [2.75, 3.05) is 57.6 Å². The SMILES string of the molecule is COc1ccc2ncc(N(C)C)c([C@H](F)CCC3(C(=O)O)CCN(CCNc4cc(F)cc(F)c4)CC3)c2c1. The summed E-state index contributed by atoms with van der Waals surface area (Å²) in [5.41, 5.74) is 1.13. The molecular formula is C29H35F3N4O3. The van der Waals surface area contributed by atoms with Crippen molar-refractivity contribution in [1.82, 2.24) is 9.88 Å². The Balaban J connectivity index is 1.41. The Hall–Kier alpha value is -3.53. The summed E-state index contributed by atoms with van der Waals surface area (Å²) < 4.78 is 48.2. The van der Waals surface area contributed by atoms with Gasteiger partial charge in [0.1, 0.15) is 23.6 Å². The number of aliphatic carboxylic acids is 1. The van der Waals surface area contributed by atoms with Crippen LogP contribution in [0.15, 0.2) is 42.6 Å². The molecule has 210 valence electrons. The fourth-order valence-corrected chi connectivity index (χ4v) is 5.33. The van der Waals surface area contributed by atoms with Crippen LogP contribution in [-0.2, 0) is 4.79 Å². The molecule has 1 aliphatic rings. The van der Waals surface area contributed by atoms with Gasteiger partial charge in [0.15, 0.2) is 0 Å². The van der Waals surface area contributed by atoms with Crippen LogP contribution in [0.1, 0.15) is 37.4 Å². The fourth-order valence-electron chi connectivity index (χ4n) is 5.33. The number of carboxylic acids is 1. The molecule has 3 aromatic rings. The number of carboxylic acid groups (broad SMARTS) is 1. The number of carbonyl (C=O) groups is 1. The van der Waals surface area contributed by atoms with Crippen LogP contribution in [-0.4, -0.2) is 68.3 Å². The third-order valence-corrected chi connectivity index (χ3v) is 7.65. The lowest BCUT2D eigenvalue weighted by Gasteiger charge is -2.39. The van der Waals surface area contributed by atoms with Crippen molar-refractivity contribution in [3.63, 3.8) is 0 Å². The maximum atomic E-state index is 16.0. The monoisotopic (exact) mass is 544 g/mol. The zero-order valence-electron chi connectivity index (χ0n) is 22.5. The van der Waals surface area contributed by atoms with E-state index in [-0.39, 0.29) is 12.8 Å². The molecule has 1 saturated heterocycles. The molecule has 0 bridgehead atoms. The van der Waals surface area contributed by atoms with E-state index in [1.807, 2.05) is 19.0 Å². The average Bonchev–Trinajstić information content (AvgIpc) is 2.90. The van der Waals surface area contributed by atoms with Gasteiger partial charge >= 0.3 is 5.97 Å². The van der Waals surface area contributed by atoms with Gasteiger partial charge < -0.3 is 25.0 Å². The molecule has 7 nitrogen and oxygen atoms in total. The molecule has 4 rings (SSSR count). The number of aromatic nitrogens is 1. The van der Waals surface area contributed by atoms with Crippen LogP contribution in [0.5, 0.6) is 5.75 Å². The Morgan fingerprint density at radius 1 is 1.18 bits per heavy atom. The van der Waals surface area contributed by atoms with Crippen molar-refractivity contribution in [1.29, 1.82) is 0 Å². The predicted octanol–water partition coefficient (Wildman–Crippen LogP) is 5.66. The van der Waals surface area contributed by atoms with Gasteiger partial charge in [-0.25, -0.2) is 13.2 Å². The zero-order chi connectivity index (χ0) is 28.2. The molecule has 10 heteroatoms. The molecule has 0 radical (unpaired) electrons. The van der Waals surface area contributed by atoms with Crippen LogP contribution in [0.25, 0.3) is 10.9 Å². The summed E-state index contributed by atoms with van der Waals surface area (Å²) in [5.74, 6) is -1.61. The second kappa shape index (κ2) is 12.1. The van der Waals surface area contributed by atoms with Crippen molar-refractivity contribution in [2.45, 2.75) is 31.9 Å². The summed E-state index contributed by atoms with van der Waals surface area (Å²) in [6.07, 6.45) is 1.33. The van der Waals surface area contributed by atoms with E-state index >= 15 is 4.39 Å². The minimum atomic E-state index is -1.38. The van der Waals surface area contributed by atoms with Crippen LogP contribution in [0.4, 0.5) is 24.5 Å². The number of hydrogen-bond acceptors (Lipinski definition) is 6. The van der Waals surface area contributed by atoms with E-state index in [4.69, 9.17) is 4.74 Å². The maximum Gasteiger partial charge on any atom is 0.309 e. The number of fused-ring (bicyclic) bond motifs is 1. The minimum absolute atomic E-state index is 0.0656. The Bertz CT molecular complexity index is 1290. The first kappa shape index (κ1) is 28.5. The first-order chi connectivity index (χ1) is 18.6. The van der Waals surface area contributed by atoms with Gasteiger partial charge in [-0.1, -0.05) is 0 Å². The second-order valence-electron chi connectivity index (χ2n) is 10.4. The van der Waals surface area contributed by atoms with E-state index in [0.717, 1.165) is 6.07 Å². The number of ether oxygens (including phenoxy) is 1. The van der Waals surface area contributed by atoms with E-state index in [0.29, 0.717) is 72.6 Å². The van der Waals surface area contributed by atoms with Crippen LogP contribution in [0.2, 0.25) is 0 Å². The van der Waals surface area contributed by atoms with E-state index in [2.05, 4.69) is 15.2 Å². The topological polar surface area (TPSA) is 77.9 Å². The number of piperidine rings is 1. The van der Waals surface area contributed by atoms with Gasteiger partial charge in [0, 0.05) is 49.9 Å². The van der Waals surface area contributed by atoms with Crippen LogP contribution < -0.4 is 15.0 Å². The van der Waals surface area contributed by atoms with Crippen molar-refractivity contribution in [3.8, 4) is 5.75 Å². The molecule has 1 fully saturated rings. The van der Waals surface area contributed by atoms with E-state index < -0.39 is 29.2 Å². The summed E-state index contributed by atoms with van der Waals surface area (Å²) in [4.78, 5) is 20.8. The van der Waals surface area contributed by atoms with Crippen molar-refractivity contribution in [2.24, 2.45) is 5.41 Å². The quantitative estimate of drug-likeness (QED) is 0.323. The zero-order valence-corrected chi connectivity index (χ0v) is 22.5. The second-order valence-corrected chi connectivity index (χ2v) is 10.4. The van der Waals surface area contributed by atoms with Gasteiger partial charge in [0.05, 0.1) is 29.9 Å². The van der Waals surface area contributed by atoms with Crippen LogP contribution in [0.3, 0.4) is 0 Å². The smallest absolute Gasteiger partial charge is 0.309 e. The summed E-state index contributed by atoms with van der Waals surface area (Å²) in [7, 11) is 5.21. The molecular weight excluding hydrogens is 509 g/mol. The Kier molecular flexibility index (Phi) is 8.84. The Morgan fingerprint density at radius 3 is 2.49 bits per heavy atom. The summed E-state index contributed by atoms with van der Waals surface area (Å²) in [6, 6.07) is 8.62. The molecule has 1 aromatic heterocycles. The Morgan fingerprint density at radius 2 is 1.87 bits per heavy atom. The normalized spacial score (nSPS) is 16.2. The highest BCUT2D eigenvalue weighted by molar-refractivity contribution is 5.88. The first-order valence-corrected chi connectivity index (χ1v) is 13.1. The number of anilines is 2. The number of likely N-dealkylation sites (tertiary alicyclic amines) is 1. The van der Waals surface area contributed by atoms with Crippen LogP contribution >= 0.6 is 0 Å². The molecule has 1 aliphatic heterocycles. The molecule has 0 saturated carbocycles. The number of methoxy groups -OCH3 is 1. The highest BCUT2D eigenvalue weighted by Crippen LogP contribution is 2.43. The van der Waals surface area contributed by atoms with Gasteiger partial charge in [0.25, 0.3) is 0 Å². The molecule has 2 heterocycles. The van der Waals surface area contributed by atoms with Crippen molar-refractivity contribution >= 4 is 28.2 Å². The standard InChI is InChI=1S/C29H35F3N4O3/c1-35(2)26-18-34-25-5-4-22(39-3)17-23(25)27(26)24(32)6-7-29(28(37)38)8-11-36(12-9-29)13-10-33-21-15-19(30)14-20(31)16-21/h4-5,14-18,24,33H,6-13H2,1-3H3,(H,37,38)/t24-/m1/s1. The minimum Gasteiger partial charge on any atom is -0.497 e. The molecule has 0 aliphatic carbocycles. The lowest BCUT2D eigenvalue weighted by atomic mass is 9.74. The largest absolute Gasteiger partial charge is 0.497 e. The maximum absolute atomic E-state index is 16.0. The number of nitrogens with zero attached hydrogens (tertiary/aromatic N) is 3. The van der Waals surface area contributed by atoms with Crippen molar-refractivity contribution in [3.05, 3.63) is 59.8 Å². The number of halogens is 3. The number of nitrogens with one attached hydrogen (secondary N) is 1. The van der Waals surface area contributed by atoms with E-state index in [1.54, 1.807) is 31.5 Å².